The zero-order valence-corrected chi connectivity index (χ0v) is 64.9. The van der Waals surface area contributed by atoms with E-state index in [1.807, 2.05) is 152 Å². The lowest BCUT2D eigenvalue weighted by Crippen LogP contribution is -2.21. The van der Waals surface area contributed by atoms with Gasteiger partial charge in [0.25, 0.3) is 0 Å². The van der Waals surface area contributed by atoms with E-state index >= 15 is 0 Å². The van der Waals surface area contributed by atoms with E-state index in [-0.39, 0.29) is 65.6 Å². The molecule has 2 aromatic carbocycles. The summed E-state index contributed by atoms with van der Waals surface area (Å²) >= 11 is 0. The highest BCUT2D eigenvalue weighted by molar-refractivity contribution is 7.89. The second-order valence-corrected chi connectivity index (χ2v) is 26.0. The number of para-hydroxylation sites is 1. The molecular weight excluding hydrogens is 1240 g/mol. The molecule has 0 saturated heterocycles. The van der Waals surface area contributed by atoms with Crippen molar-refractivity contribution in [1.29, 1.82) is 0 Å². The zero-order chi connectivity index (χ0) is 77.5. The third-order valence-corrected chi connectivity index (χ3v) is 6.59. The monoisotopic (exact) mass is 1370 g/mol. The van der Waals surface area contributed by atoms with Crippen LogP contribution in [0.25, 0.3) is 0 Å². The fourth-order valence-corrected chi connectivity index (χ4v) is 3.11. The van der Waals surface area contributed by atoms with Gasteiger partial charge in [-0.2, -0.15) is 22.0 Å². The number of alkyl halides is 5. The van der Waals surface area contributed by atoms with Gasteiger partial charge in [0.05, 0.1) is 25.1 Å². The van der Waals surface area contributed by atoms with E-state index in [1.54, 1.807) is 47.3 Å². The summed E-state index contributed by atoms with van der Waals surface area (Å²) in [5, 5.41) is 0. The molecule has 0 amide bonds. The number of Topliss-reactive ketones (excluding diaryl/α,β-unsaturated/α-hetero) is 2. The van der Waals surface area contributed by atoms with Gasteiger partial charge >= 0.3 is 36.2 Å². The molecule has 0 aliphatic heterocycles. The standard InChI is InChI=1S/C8H12N2.C8H8O2.C8H10.C6H12O2.C6H12O.2C5H10O2.C4H8O.C4H10.C3H6F2O.C3H9N.C3H6O.C2H3F3.C2H6O2S.C2H6O/c1-7-4-5-8(9-6-7)10(2)3;1-7(9)10-8-5-3-2-4-6-8;1-7-3-5-8(2)6-4-7;1-5(7)8-6(2,3)4;1-5(7)6(2,3)4;2*1-4(2)7-5(3)6;1-4(2)5-3;1-4(2)3;1-3(4,5)6-2;1-4(2)3;1-3(2)4;1-2(3,4)5;1-5(2,3)4;1-3-2/h4-6H,1-3H3;2-6H,1H3;3-6H,1-2H3;1-4H3;1-4H3;2*4H,1-3H3;1H2,2-3H3;4H,1-3H3;1-2H3;1-3H3;1-2H3;1H3;1-2H3;1-2H3. The summed E-state index contributed by atoms with van der Waals surface area (Å²) in [4.78, 5) is 68.8. The number of ketones is 2. The van der Waals surface area contributed by atoms with Crippen LogP contribution in [-0.2, 0) is 67.0 Å². The first-order chi connectivity index (χ1) is 41.3. The molecule has 1 heterocycles. The van der Waals surface area contributed by atoms with Gasteiger partial charge in [-0.3, -0.25) is 24.0 Å². The summed E-state index contributed by atoms with van der Waals surface area (Å²) in [6.45, 7) is 47.7. The molecular formula is C69H128F5N3O15S. The normalized spacial score (nSPS) is 9.61. The number of esters is 4. The van der Waals surface area contributed by atoms with Crippen LogP contribution in [0.3, 0.4) is 0 Å². The number of aryl methyl sites for hydroxylation is 3. The van der Waals surface area contributed by atoms with Crippen LogP contribution in [0.2, 0.25) is 0 Å². The summed E-state index contributed by atoms with van der Waals surface area (Å²) < 4.78 is 104. The predicted octanol–water partition coefficient (Wildman–Crippen LogP) is 16.6. The van der Waals surface area contributed by atoms with E-state index in [2.05, 4.69) is 100 Å². The third kappa shape index (κ3) is 208. The van der Waals surface area contributed by atoms with E-state index in [4.69, 9.17) is 9.47 Å². The number of allylic oxidation sites excluding steroid dienone is 1. The summed E-state index contributed by atoms with van der Waals surface area (Å²) in [6.07, 6.45) is -2.72. The van der Waals surface area contributed by atoms with Gasteiger partial charge in [-0.25, -0.2) is 13.4 Å². The van der Waals surface area contributed by atoms with Gasteiger partial charge in [0.15, 0.2) is 0 Å². The maximum absolute atomic E-state index is 11.2. The minimum absolute atomic E-state index is 0.0255. The van der Waals surface area contributed by atoms with Gasteiger partial charge in [0.2, 0.25) is 0 Å². The van der Waals surface area contributed by atoms with Crippen molar-refractivity contribution in [2.24, 2.45) is 11.3 Å². The summed E-state index contributed by atoms with van der Waals surface area (Å²) in [5.41, 5.74) is 3.39. The molecule has 0 aliphatic carbocycles. The quantitative estimate of drug-likeness (QED) is 0.0736. The largest absolute Gasteiger partial charge is 0.502 e. The molecule has 0 atom stereocenters. The van der Waals surface area contributed by atoms with Crippen molar-refractivity contribution in [3.05, 3.63) is 102 Å². The van der Waals surface area contributed by atoms with E-state index in [1.165, 1.54) is 58.2 Å². The molecule has 0 radical (unpaired) electrons. The first-order valence-corrected chi connectivity index (χ1v) is 31.4. The predicted molar refractivity (Wildman–Crippen MR) is 374 cm³/mol. The Labute approximate surface area is 561 Å². The molecule has 1 aromatic heterocycles. The Hall–Kier alpha value is -6.37. The van der Waals surface area contributed by atoms with Gasteiger partial charge in [-0.1, -0.05) is 108 Å². The number of carbonyl (C=O) groups is 6. The van der Waals surface area contributed by atoms with Gasteiger partial charge in [0, 0.05) is 101 Å². The van der Waals surface area contributed by atoms with Crippen molar-refractivity contribution in [2.45, 2.75) is 210 Å². The number of benzene rings is 2. The van der Waals surface area contributed by atoms with Crippen LogP contribution >= 0.6 is 0 Å². The molecule has 0 unspecified atom stereocenters. The van der Waals surface area contributed by atoms with Crippen LogP contribution < -0.4 is 9.64 Å². The van der Waals surface area contributed by atoms with Gasteiger partial charge in [-0.05, 0) is 148 Å². The van der Waals surface area contributed by atoms with E-state index in [0.717, 1.165) is 37.1 Å². The lowest BCUT2D eigenvalue weighted by molar-refractivity contribution is -0.205. The highest BCUT2D eigenvalue weighted by Gasteiger charge is 2.18. The van der Waals surface area contributed by atoms with E-state index in [9.17, 15) is 59.1 Å². The molecule has 3 rings (SSSR count). The molecule has 0 N–H and O–H groups in total. The average Bonchev–Trinajstić information content (AvgIpc) is 3.10. The number of ether oxygens (including phenoxy) is 7. The van der Waals surface area contributed by atoms with E-state index in [0.29, 0.717) is 12.7 Å². The first kappa shape index (κ1) is 114. The van der Waals surface area contributed by atoms with Crippen LogP contribution in [0.1, 0.15) is 176 Å². The lowest BCUT2D eigenvalue weighted by Gasteiger charge is -2.17. The van der Waals surface area contributed by atoms with Crippen molar-refractivity contribution in [1.82, 2.24) is 9.88 Å². The van der Waals surface area contributed by atoms with Crippen LogP contribution in [-0.4, -0.2) is 160 Å². The van der Waals surface area contributed by atoms with Crippen molar-refractivity contribution >= 4 is 51.1 Å². The van der Waals surface area contributed by atoms with Crippen molar-refractivity contribution < 1.29 is 92.3 Å². The van der Waals surface area contributed by atoms with Gasteiger partial charge in [-0.15, -0.1) is 0 Å². The fraction of sp³-hybridized carbons (Fsp3) is 0.638. The van der Waals surface area contributed by atoms with Gasteiger partial charge < -0.3 is 47.8 Å². The molecule has 0 aliphatic rings. The molecule has 0 spiro atoms. The Balaban J connectivity index is -0.0000000765. The second kappa shape index (κ2) is 68.5. The van der Waals surface area contributed by atoms with Crippen LogP contribution in [0, 0.1) is 32.1 Å². The minimum Gasteiger partial charge on any atom is -0.502 e. The topological polar surface area (TPSA) is 221 Å². The summed E-state index contributed by atoms with van der Waals surface area (Å²) in [7, 11) is 13.1. The Morgan fingerprint density at radius 3 is 0.903 bits per heavy atom. The number of rotatable bonds is 6. The van der Waals surface area contributed by atoms with Crippen LogP contribution in [0.4, 0.5) is 27.8 Å². The number of anilines is 1. The number of methoxy groups -OCH3 is 3. The SMILES string of the molecule is C=C(C)OC.CC(=O)C(C)(C)C.CC(=O)OC(C)(C)C.CC(=O)OC(C)C.CC(=O)OC(C)C.CC(=O)Oc1ccccc1.CC(C)=O.CC(C)C.CC(F)(F)F.CN(C)C.COC.COC(C)(F)F.CS(C)(=O)=O.Cc1ccc(C)cc1.Cc1ccc(N(C)C)nc1. The Morgan fingerprint density at radius 1 is 0.538 bits per heavy atom. The highest BCUT2D eigenvalue weighted by atomic mass is 32.2. The first-order valence-electron chi connectivity index (χ1n) is 29.1. The second-order valence-electron chi connectivity index (χ2n) is 23.7. The maximum atomic E-state index is 11.2. The molecule has 0 saturated carbocycles. The third-order valence-electron chi connectivity index (χ3n) is 6.59. The van der Waals surface area contributed by atoms with Crippen LogP contribution in [0.5, 0.6) is 5.75 Å². The summed E-state index contributed by atoms with van der Waals surface area (Å²) in [5.74, 6) is 2.66. The number of nitrogens with zero attached hydrogens (tertiary/aromatic N) is 3. The molecule has 24 heteroatoms. The highest BCUT2D eigenvalue weighted by Crippen LogP contribution is 2.13. The molecule has 93 heavy (non-hydrogen) atoms. The molecule has 550 valence electrons. The minimum atomic E-state index is -4.00. The Kier molecular flexibility index (Phi) is 84.0. The smallest absolute Gasteiger partial charge is 0.386 e. The number of carbonyl (C=O) groups excluding carboxylic acids is 6. The Bertz CT molecular complexity index is 2280. The number of pyridine rings is 1. The molecule has 0 fully saturated rings. The van der Waals surface area contributed by atoms with E-state index < -0.39 is 22.1 Å². The van der Waals surface area contributed by atoms with Crippen molar-refractivity contribution in [2.75, 3.05) is 81.1 Å². The number of sulfone groups is 1. The number of halogens is 5. The average molecular weight is 1370 g/mol. The fourth-order valence-electron chi connectivity index (χ4n) is 3.11. The Morgan fingerprint density at radius 2 is 0.785 bits per heavy atom. The zero-order valence-electron chi connectivity index (χ0n) is 64.1. The van der Waals surface area contributed by atoms with Crippen molar-refractivity contribution in [3.8, 4) is 5.75 Å². The van der Waals surface area contributed by atoms with Crippen molar-refractivity contribution in [3.63, 3.8) is 0 Å². The number of aromatic nitrogens is 1. The number of hydrogen-bond acceptors (Lipinski definition) is 18. The number of hydrogen-bond donors (Lipinski definition) is 0. The van der Waals surface area contributed by atoms with Crippen LogP contribution in [0.15, 0.2) is 85.3 Å². The summed E-state index contributed by atoms with van der Waals surface area (Å²) in [6, 6.07) is 21.5. The maximum Gasteiger partial charge on any atom is 0.386 e. The lowest BCUT2D eigenvalue weighted by atomic mass is 9.92. The molecule has 18 nitrogen and oxygen atoms in total. The molecule has 0 bridgehead atoms. The molecule has 3 aromatic rings. The van der Waals surface area contributed by atoms with Gasteiger partial charge in [0.1, 0.15) is 38.6 Å².